The van der Waals surface area contributed by atoms with E-state index in [-0.39, 0.29) is 11.7 Å². The van der Waals surface area contributed by atoms with Gasteiger partial charge in [-0.2, -0.15) is 0 Å². The normalized spacial score (nSPS) is 13.9. The van der Waals surface area contributed by atoms with Crippen molar-refractivity contribution in [3.05, 3.63) is 78.9 Å². The number of aromatic hydroxyl groups is 1. The van der Waals surface area contributed by atoms with E-state index in [0.29, 0.717) is 18.8 Å². The summed E-state index contributed by atoms with van der Waals surface area (Å²) in [6, 6.07) is 25.5. The lowest BCUT2D eigenvalue weighted by atomic mass is 10.1. The number of phenolic OH excluding ortho intramolecular Hbond substituents is 1. The lowest BCUT2D eigenvalue weighted by Crippen LogP contribution is -2.49. The Bertz CT molecular complexity index is 948. The van der Waals surface area contributed by atoms with Gasteiger partial charge in [-0.3, -0.25) is 4.79 Å². The van der Waals surface area contributed by atoms with Gasteiger partial charge in [0, 0.05) is 31.9 Å². The van der Waals surface area contributed by atoms with Crippen LogP contribution in [0.15, 0.2) is 78.9 Å². The van der Waals surface area contributed by atoms with Crippen LogP contribution in [0.3, 0.4) is 0 Å². The highest BCUT2D eigenvalue weighted by atomic mass is 16.5. The van der Waals surface area contributed by atoms with Crippen molar-refractivity contribution in [1.82, 2.24) is 4.90 Å². The molecule has 0 aromatic heterocycles. The number of nitrogens with zero attached hydrogens (tertiary/aromatic N) is 2. The van der Waals surface area contributed by atoms with Crippen molar-refractivity contribution in [2.45, 2.75) is 6.42 Å². The predicted octanol–water partition coefficient (Wildman–Crippen LogP) is 4.18. The second-order valence-corrected chi connectivity index (χ2v) is 7.37. The molecule has 1 aliphatic rings. The van der Waals surface area contributed by atoms with Crippen molar-refractivity contribution in [3.8, 4) is 22.6 Å². The van der Waals surface area contributed by atoms with Gasteiger partial charge in [0.05, 0.1) is 13.0 Å². The zero-order valence-electron chi connectivity index (χ0n) is 16.9. The summed E-state index contributed by atoms with van der Waals surface area (Å²) in [6.45, 7) is 3.44. The van der Waals surface area contributed by atoms with Crippen molar-refractivity contribution in [2.75, 3.05) is 37.7 Å². The van der Waals surface area contributed by atoms with Gasteiger partial charge in [-0.05, 0) is 47.5 Å². The summed E-state index contributed by atoms with van der Waals surface area (Å²) in [5, 5.41) is 9.29. The molecule has 1 saturated heterocycles. The number of ether oxygens (including phenoxy) is 1. The van der Waals surface area contributed by atoms with Crippen LogP contribution in [-0.4, -0.2) is 48.7 Å². The third kappa shape index (κ3) is 4.92. The largest absolute Gasteiger partial charge is 0.508 e. The Hall–Kier alpha value is -3.47. The standard InChI is InChI=1S/C25H26N2O3/c28-23-10-12-24(13-11-23)30-19-14-25(29)27-17-15-26(16-18-27)22-8-6-21(7-9-22)20-4-2-1-3-5-20/h1-13,28H,14-19H2. The van der Waals surface area contributed by atoms with Gasteiger partial charge in [-0.15, -0.1) is 0 Å². The molecule has 30 heavy (non-hydrogen) atoms. The van der Waals surface area contributed by atoms with E-state index >= 15 is 0 Å². The third-order valence-electron chi connectivity index (χ3n) is 5.39. The summed E-state index contributed by atoms with van der Waals surface area (Å²) in [6.07, 6.45) is 0.354. The molecule has 0 saturated carbocycles. The second-order valence-electron chi connectivity index (χ2n) is 7.37. The molecule has 0 unspecified atom stereocenters. The molecule has 1 aliphatic heterocycles. The molecular weight excluding hydrogens is 376 g/mol. The maximum Gasteiger partial charge on any atom is 0.226 e. The minimum Gasteiger partial charge on any atom is -0.508 e. The number of benzene rings is 3. The minimum absolute atomic E-state index is 0.118. The van der Waals surface area contributed by atoms with Crippen LogP contribution >= 0.6 is 0 Å². The third-order valence-corrected chi connectivity index (χ3v) is 5.39. The fourth-order valence-corrected chi connectivity index (χ4v) is 3.67. The van der Waals surface area contributed by atoms with Gasteiger partial charge < -0.3 is 19.6 Å². The Balaban J connectivity index is 1.24. The van der Waals surface area contributed by atoms with Crippen LogP contribution in [0.2, 0.25) is 0 Å². The zero-order chi connectivity index (χ0) is 20.8. The molecule has 1 N–H and O–H groups in total. The van der Waals surface area contributed by atoms with E-state index in [9.17, 15) is 9.90 Å². The van der Waals surface area contributed by atoms with Crippen molar-refractivity contribution >= 4 is 11.6 Å². The number of hydrogen-bond acceptors (Lipinski definition) is 4. The highest BCUT2D eigenvalue weighted by Crippen LogP contribution is 2.24. The van der Waals surface area contributed by atoms with E-state index in [1.807, 2.05) is 11.0 Å². The summed E-state index contributed by atoms with van der Waals surface area (Å²) >= 11 is 0. The monoisotopic (exact) mass is 402 g/mol. The summed E-state index contributed by atoms with van der Waals surface area (Å²) in [4.78, 5) is 16.7. The van der Waals surface area contributed by atoms with E-state index in [0.717, 1.165) is 26.2 Å². The predicted molar refractivity (Wildman–Crippen MR) is 119 cm³/mol. The maximum atomic E-state index is 12.5. The lowest BCUT2D eigenvalue weighted by molar-refractivity contribution is -0.132. The minimum atomic E-state index is 0.118. The Morgan fingerprint density at radius 2 is 1.43 bits per heavy atom. The van der Waals surface area contributed by atoms with Crippen molar-refractivity contribution in [3.63, 3.8) is 0 Å². The Morgan fingerprint density at radius 3 is 2.10 bits per heavy atom. The molecule has 154 valence electrons. The SMILES string of the molecule is O=C(CCOc1ccc(O)cc1)N1CCN(c2ccc(-c3ccccc3)cc2)CC1. The topological polar surface area (TPSA) is 53.0 Å². The van der Waals surface area contributed by atoms with Crippen LogP contribution in [0, 0.1) is 0 Å². The summed E-state index contributed by atoms with van der Waals surface area (Å²) < 4.78 is 5.59. The molecule has 3 aromatic carbocycles. The molecule has 5 heteroatoms. The van der Waals surface area contributed by atoms with Gasteiger partial charge in [-0.1, -0.05) is 42.5 Å². The first kappa shape index (κ1) is 19.8. The molecule has 5 nitrogen and oxygen atoms in total. The van der Waals surface area contributed by atoms with Crippen LogP contribution in [0.5, 0.6) is 11.5 Å². The van der Waals surface area contributed by atoms with Crippen LogP contribution in [0.25, 0.3) is 11.1 Å². The molecule has 0 atom stereocenters. The first-order valence-corrected chi connectivity index (χ1v) is 10.3. The number of amides is 1. The highest BCUT2D eigenvalue weighted by molar-refractivity contribution is 5.76. The Labute approximate surface area is 177 Å². The summed E-state index contributed by atoms with van der Waals surface area (Å²) in [5.74, 6) is 0.975. The van der Waals surface area contributed by atoms with Gasteiger partial charge in [0.2, 0.25) is 5.91 Å². The Morgan fingerprint density at radius 1 is 0.800 bits per heavy atom. The highest BCUT2D eigenvalue weighted by Gasteiger charge is 2.21. The van der Waals surface area contributed by atoms with E-state index in [4.69, 9.17) is 4.74 Å². The molecule has 1 heterocycles. The van der Waals surface area contributed by atoms with Crippen molar-refractivity contribution in [2.24, 2.45) is 0 Å². The number of anilines is 1. The number of rotatable bonds is 6. The fourth-order valence-electron chi connectivity index (χ4n) is 3.67. The number of piperazine rings is 1. The molecule has 4 rings (SSSR count). The molecule has 3 aromatic rings. The zero-order valence-corrected chi connectivity index (χ0v) is 16.9. The average Bonchev–Trinajstić information content (AvgIpc) is 2.81. The summed E-state index contributed by atoms with van der Waals surface area (Å²) in [7, 11) is 0. The molecule has 0 bridgehead atoms. The van der Waals surface area contributed by atoms with Crippen molar-refractivity contribution < 1.29 is 14.6 Å². The van der Waals surface area contributed by atoms with E-state index < -0.39 is 0 Å². The number of carbonyl (C=O) groups is 1. The number of carbonyl (C=O) groups excluding carboxylic acids is 1. The molecule has 0 spiro atoms. The fraction of sp³-hybridized carbons (Fsp3) is 0.240. The first-order chi connectivity index (χ1) is 14.7. The van der Waals surface area contributed by atoms with Crippen LogP contribution in [-0.2, 0) is 4.79 Å². The molecular formula is C25H26N2O3. The lowest BCUT2D eigenvalue weighted by Gasteiger charge is -2.36. The van der Waals surface area contributed by atoms with Crippen LogP contribution < -0.4 is 9.64 Å². The van der Waals surface area contributed by atoms with Crippen molar-refractivity contribution in [1.29, 1.82) is 0 Å². The second kappa shape index (κ2) is 9.35. The molecule has 1 fully saturated rings. The Kier molecular flexibility index (Phi) is 6.18. The maximum absolute atomic E-state index is 12.5. The molecule has 0 aliphatic carbocycles. The van der Waals surface area contributed by atoms with E-state index in [1.54, 1.807) is 24.3 Å². The van der Waals surface area contributed by atoms with Gasteiger partial charge in [0.1, 0.15) is 11.5 Å². The van der Waals surface area contributed by atoms with Gasteiger partial charge in [0.25, 0.3) is 0 Å². The smallest absolute Gasteiger partial charge is 0.226 e. The average molecular weight is 402 g/mol. The summed E-state index contributed by atoms with van der Waals surface area (Å²) in [5.41, 5.74) is 3.62. The molecule has 0 radical (unpaired) electrons. The van der Waals surface area contributed by atoms with E-state index in [1.165, 1.54) is 16.8 Å². The quantitative estimate of drug-likeness (QED) is 0.672. The first-order valence-electron chi connectivity index (χ1n) is 10.3. The van der Waals surface area contributed by atoms with Gasteiger partial charge in [0.15, 0.2) is 0 Å². The van der Waals surface area contributed by atoms with Crippen LogP contribution in [0.4, 0.5) is 5.69 Å². The van der Waals surface area contributed by atoms with E-state index in [2.05, 4.69) is 53.4 Å². The van der Waals surface area contributed by atoms with Crippen LogP contribution in [0.1, 0.15) is 6.42 Å². The van der Waals surface area contributed by atoms with Gasteiger partial charge in [-0.25, -0.2) is 0 Å². The number of hydrogen-bond donors (Lipinski definition) is 1. The molecule has 1 amide bonds. The van der Waals surface area contributed by atoms with Gasteiger partial charge >= 0.3 is 0 Å². The number of phenols is 1.